The molecule has 126 valence electrons. The molecule has 0 radical (unpaired) electrons. The monoisotopic (exact) mass is 328 g/mol. The molecule has 8 heteroatoms. The SMILES string of the molecule is O=c1ncnc(Nc2ccc(N3CCN(C4COC4)CC3)cc2)[nH]1. The highest BCUT2D eigenvalue weighted by atomic mass is 16.5. The molecule has 0 spiro atoms. The molecule has 3 heterocycles. The summed E-state index contributed by atoms with van der Waals surface area (Å²) in [5.74, 6) is 0.388. The molecule has 4 rings (SSSR count). The van der Waals surface area contributed by atoms with Crippen LogP contribution >= 0.6 is 0 Å². The van der Waals surface area contributed by atoms with Crippen LogP contribution in [0.4, 0.5) is 17.3 Å². The minimum Gasteiger partial charge on any atom is -0.378 e. The summed E-state index contributed by atoms with van der Waals surface area (Å²) < 4.78 is 5.28. The molecular weight excluding hydrogens is 308 g/mol. The highest BCUT2D eigenvalue weighted by Crippen LogP contribution is 2.22. The van der Waals surface area contributed by atoms with E-state index in [4.69, 9.17) is 4.74 Å². The van der Waals surface area contributed by atoms with Gasteiger partial charge in [0.2, 0.25) is 5.95 Å². The molecule has 2 aliphatic rings. The smallest absolute Gasteiger partial charge is 0.349 e. The molecule has 2 aliphatic heterocycles. The maximum Gasteiger partial charge on any atom is 0.349 e. The maximum absolute atomic E-state index is 11.2. The van der Waals surface area contributed by atoms with Gasteiger partial charge in [-0.15, -0.1) is 0 Å². The Labute approximate surface area is 139 Å². The molecule has 0 amide bonds. The first-order valence-electron chi connectivity index (χ1n) is 8.13. The number of hydrogen-bond donors (Lipinski definition) is 2. The van der Waals surface area contributed by atoms with Crippen LogP contribution in [0.1, 0.15) is 0 Å². The number of aromatic amines is 1. The predicted octanol–water partition coefficient (Wildman–Crippen LogP) is 0.429. The van der Waals surface area contributed by atoms with Crippen molar-refractivity contribution in [1.29, 1.82) is 0 Å². The second-order valence-electron chi connectivity index (χ2n) is 6.04. The number of hydrogen-bond acceptors (Lipinski definition) is 7. The molecule has 8 nitrogen and oxygen atoms in total. The number of H-pyrrole nitrogens is 1. The summed E-state index contributed by atoms with van der Waals surface area (Å²) in [5, 5.41) is 3.06. The Morgan fingerprint density at radius 1 is 1.08 bits per heavy atom. The average molecular weight is 328 g/mol. The van der Waals surface area contributed by atoms with Gasteiger partial charge in [0.1, 0.15) is 6.33 Å². The van der Waals surface area contributed by atoms with E-state index < -0.39 is 5.69 Å². The van der Waals surface area contributed by atoms with E-state index in [2.05, 4.69) is 42.2 Å². The molecule has 0 aliphatic carbocycles. The summed E-state index contributed by atoms with van der Waals surface area (Å²) in [6, 6.07) is 8.77. The molecule has 0 saturated carbocycles. The third-order valence-corrected chi connectivity index (χ3v) is 4.53. The first-order chi connectivity index (χ1) is 11.8. The summed E-state index contributed by atoms with van der Waals surface area (Å²) >= 11 is 0. The fourth-order valence-electron chi connectivity index (χ4n) is 3.04. The van der Waals surface area contributed by atoms with Gasteiger partial charge in [0.05, 0.1) is 19.3 Å². The second-order valence-corrected chi connectivity index (χ2v) is 6.04. The van der Waals surface area contributed by atoms with Crippen LogP contribution in [0, 0.1) is 0 Å². The average Bonchev–Trinajstić information content (AvgIpc) is 2.55. The van der Waals surface area contributed by atoms with Crippen molar-refractivity contribution in [2.45, 2.75) is 6.04 Å². The van der Waals surface area contributed by atoms with Gasteiger partial charge < -0.3 is 15.0 Å². The zero-order valence-electron chi connectivity index (χ0n) is 13.3. The van der Waals surface area contributed by atoms with Crippen LogP contribution in [0.2, 0.25) is 0 Å². The third kappa shape index (κ3) is 3.24. The summed E-state index contributed by atoms with van der Waals surface area (Å²) in [7, 11) is 0. The van der Waals surface area contributed by atoms with Crippen LogP contribution in [0.15, 0.2) is 35.4 Å². The molecule has 2 N–H and O–H groups in total. The summed E-state index contributed by atoms with van der Waals surface area (Å²) in [6.45, 7) is 5.98. The molecule has 1 aromatic carbocycles. The van der Waals surface area contributed by atoms with Gasteiger partial charge in [-0.1, -0.05) is 0 Å². The summed E-state index contributed by atoms with van der Waals surface area (Å²) in [6.07, 6.45) is 1.24. The second kappa shape index (κ2) is 6.58. The lowest BCUT2D eigenvalue weighted by Crippen LogP contribution is -2.56. The summed E-state index contributed by atoms with van der Waals surface area (Å²) in [4.78, 5) is 26.1. The van der Waals surface area contributed by atoms with E-state index in [0.717, 1.165) is 45.1 Å². The normalized spacial score (nSPS) is 19.1. The number of anilines is 3. The van der Waals surface area contributed by atoms with Gasteiger partial charge in [0, 0.05) is 37.6 Å². The zero-order chi connectivity index (χ0) is 16.4. The van der Waals surface area contributed by atoms with Gasteiger partial charge in [-0.05, 0) is 24.3 Å². The molecule has 2 saturated heterocycles. The number of ether oxygens (including phenoxy) is 1. The topological polar surface area (TPSA) is 86.4 Å². The van der Waals surface area contributed by atoms with Crippen LogP contribution in [0.25, 0.3) is 0 Å². The molecular formula is C16H20N6O2. The highest BCUT2D eigenvalue weighted by molar-refractivity contribution is 5.59. The fourth-order valence-corrected chi connectivity index (χ4v) is 3.04. The number of nitrogens with one attached hydrogen (secondary N) is 2. The Balaban J connectivity index is 1.36. The van der Waals surface area contributed by atoms with Gasteiger partial charge in [-0.3, -0.25) is 9.88 Å². The van der Waals surface area contributed by atoms with Crippen LogP contribution in [-0.4, -0.2) is 65.3 Å². The van der Waals surface area contributed by atoms with Gasteiger partial charge in [0.15, 0.2) is 0 Å². The van der Waals surface area contributed by atoms with Crippen LogP contribution in [0.3, 0.4) is 0 Å². The van der Waals surface area contributed by atoms with Gasteiger partial charge >= 0.3 is 5.69 Å². The number of benzene rings is 1. The Morgan fingerprint density at radius 3 is 2.46 bits per heavy atom. The van der Waals surface area contributed by atoms with E-state index in [-0.39, 0.29) is 0 Å². The number of aromatic nitrogens is 3. The van der Waals surface area contributed by atoms with Crippen molar-refractivity contribution in [1.82, 2.24) is 19.9 Å². The van der Waals surface area contributed by atoms with E-state index in [1.54, 1.807) is 0 Å². The van der Waals surface area contributed by atoms with E-state index in [9.17, 15) is 4.79 Å². The van der Waals surface area contributed by atoms with Crippen LogP contribution in [0.5, 0.6) is 0 Å². The first kappa shape index (κ1) is 15.1. The minimum atomic E-state index is -0.418. The molecule has 0 bridgehead atoms. The van der Waals surface area contributed by atoms with Crippen LogP contribution in [-0.2, 0) is 4.74 Å². The minimum absolute atomic E-state index is 0.388. The number of nitrogens with zero attached hydrogens (tertiary/aromatic N) is 4. The fraction of sp³-hybridized carbons (Fsp3) is 0.438. The van der Waals surface area contributed by atoms with E-state index in [1.165, 1.54) is 12.0 Å². The quantitative estimate of drug-likeness (QED) is 0.841. The van der Waals surface area contributed by atoms with Crippen molar-refractivity contribution in [3.63, 3.8) is 0 Å². The van der Waals surface area contributed by atoms with Crippen LogP contribution < -0.4 is 15.9 Å². The van der Waals surface area contributed by atoms with Gasteiger partial charge in [-0.2, -0.15) is 4.98 Å². The van der Waals surface area contributed by atoms with E-state index in [0.29, 0.717) is 12.0 Å². The van der Waals surface area contributed by atoms with Gasteiger partial charge in [0.25, 0.3) is 0 Å². The molecule has 0 atom stereocenters. The highest BCUT2D eigenvalue weighted by Gasteiger charge is 2.28. The van der Waals surface area contributed by atoms with E-state index >= 15 is 0 Å². The standard InChI is InChI=1S/C16H20N6O2/c23-16-18-11-17-15(20-16)19-12-1-3-13(4-2-12)21-5-7-22(8-6-21)14-9-24-10-14/h1-4,11,14H,5-10H2,(H2,17,18,19,20,23). The Morgan fingerprint density at radius 2 is 1.83 bits per heavy atom. The van der Waals surface area contributed by atoms with Crippen molar-refractivity contribution in [2.24, 2.45) is 0 Å². The zero-order valence-corrected chi connectivity index (χ0v) is 13.3. The molecule has 2 fully saturated rings. The Bertz CT molecular complexity index is 735. The van der Waals surface area contributed by atoms with Crippen molar-refractivity contribution >= 4 is 17.3 Å². The van der Waals surface area contributed by atoms with Crippen molar-refractivity contribution in [3.05, 3.63) is 41.1 Å². The molecule has 24 heavy (non-hydrogen) atoms. The van der Waals surface area contributed by atoms with Crippen molar-refractivity contribution in [3.8, 4) is 0 Å². The third-order valence-electron chi connectivity index (χ3n) is 4.53. The number of rotatable bonds is 4. The molecule has 2 aromatic rings. The lowest BCUT2D eigenvalue weighted by Gasteiger charge is -2.43. The molecule has 1 aromatic heterocycles. The Hall–Kier alpha value is -2.45. The predicted molar refractivity (Wildman–Crippen MR) is 90.8 cm³/mol. The van der Waals surface area contributed by atoms with E-state index in [1.807, 2.05) is 12.1 Å². The Kier molecular flexibility index (Phi) is 4.14. The van der Waals surface area contributed by atoms with Gasteiger partial charge in [-0.25, -0.2) is 9.78 Å². The maximum atomic E-state index is 11.2. The largest absolute Gasteiger partial charge is 0.378 e. The molecule has 0 unspecified atom stereocenters. The lowest BCUT2D eigenvalue weighted by molar-refractivity contribution is -0.0660. The number of piperazine rings is 1. The lowest BCUT2D eigenvalue weighted by atomic mass is 10.1. The van der Waals surface area contributed by atoms with Crippen molar-refractivity contribution < 1.29 is 4.74 Å². The van der Waals surface area contributed by atoms with Crippen molar-refractivity contribution in [2.75, 3.05) is 49.6 Å². The summed E-state index contributed by atoms with van der Waals surface area (Å²) in [5.41, 5.74) is 1.67. The first-order valence-corrected chi connectivity index (χ1v) is 8.13.